The molecule has 0 unspecified atom stereocenters. The molecule has 0 aliphatic heterocycles. The lowest BCUT2D eigenvalue weighted by molar-refractivity contribution is -0.439. The second-order valence-electron chi connectivity index (χ2n) is 2.54. The molecule has 2 atom stereocenters. The van der Waals surface area contributed by atoms with Crippen molar-refractivity contribution in [2.24, 2.45) is 0 Å². The summed E-state index contributed by atoms with van der Waals surface area (Å²) >= 11 is 0. The molecule has 0 fully saturated rings. The second-order valence-corrected chi connectivity index (χ2v) is 2.54. The molecule has 0 radical (unpaired) electrons. The van der Waals surface area contributed by atoms with Gasteiger partial charge in [-0.25, -0.2) is 0 Å². The predicted octanol–water partition coefficient (Wildman–Crippen LogP) is -4.27. The van der Waals surface area contributed by atoms with E-state index >= 15 is 0 Å². The van der Waals surface area contributed by atoms with Crippen LogP contribution in [0.15, 0.2) is 0 Å². The number of aliphatic hydroxyl groups excluding tert-OH is 1. The lowest BCUT2D eigenvalue weighted by Gasteiger charge is -2.10. The molecule has 0 amide bonds. The van der Waals surface area contributed by atoms with Crippen LogP contribution in [0.1, 0.15) is 12.8 Å². The SMILES string of the molecule is [NH3+]C[C@H](O)CC[C@H]([NH3+])C(=O)[O-]. The first-order chi connectivity index (χ1) is 5.07. The Morgan fingerprint density at radius 1 is 1.55 bits per heavy atom. The van der Waals surface area contributed by atoms with Gasteiger partial charge in [0.15, 0.2) is 0 Å². The van der Waals surface area contributed by atoms with Gasteiger partial charge in [-0.15, -0.1) is 0 Å². The van der Waals surface area contributed by atoms with Crippen molar-refractivity contribution in [1.82, 2.24) is 0 Å². The lowest BCUT2D eigenvalue weighted by atomic mass is 10.1. The molecular weight excluding hydrogens is 148 g/mol. The van der Waals surface area contributed by atoms with E-state index in [9.17, 15) is 9.90 Å². The number of aliphatic carboxylic acids is 1. The summed E-state index contributed by atoms with van der Waals surface area (Å²) in [5, 5.41) is 19.1. The average molecular weight is 163 g/mol. The fourth-order valence-corrected chi connectivity index (χ4v) is 0.656. The van der Waals surface area contributed by atoms with Gasteiger partial charge in [0.2, 0.25) is 0 Å². The van der Waals surface area contributed by atoms with E-state index < -0.39 is 18.1 Å². The standard InChI is InChI=1S/C6H14N2O3/c7-3-4(9)1-2-5(8)6(10)11/h4-5,9H,1-3,7-8H2,(H,10,11)/p+1/t4-,5+/m1/s1. The van der Waals surface area contributed by atoms with Crippen molar-refractivity contribution in [2.45, 2.75) is 25.0 Å². The van der Waals surface area contributed by atoms with Crippen molar-refractivity contribution >= 4 is 5.97 Å². The Balaban J connectivity index is 3.45. The van der Waals surface area contributed by atoms with E-state index in [0.717, 1.165) is 0 Å². The van der Waals surface area contributed by atoms with Gasteiger partial charge in [-0.05, 0) is 6.42 Å². The van der Waals surface area contributed by atoms with Crippen LogP contribution in [0, 0.1) is 0 Å². The highest BCUT2D eigenvalue weighted by atomic mass is 16.4. The van der Waals surface area contributed by atoms with Gasteiger partial charge in [0.1, 0.15) is 18.7 Å². The minimum Gasteiger partial charge on any atom is -0.544 e. The zero-order chi connectivity index (χ0) is 8.85. The number of carbonyl (C=O) groups is 1. The third-order valence-electron chi connectivity index (χ3n) is 1.51. The van der Waals surface area contributed by atoms with Crippen LogP contribution >= 0.6 is 0 Å². The Hall–Kier alpha value is -0.650. The molecule has 0 rings (SSSR count). The molecular formula is C6H15N2O3+. The summed E-state index contributed by atoms with van der Waals surface area (Å²) in [6, 6.07) is -0.726. The van der Waals surface area contributed by atoms with Gasteiger partial charge >= 0.3 is 0 Å². The Labute approximate surface area is 65.0 Å². The van der Waals surface area contributed by atoms with Gasteiger partial charge in [-0.3, -0.25) is 0 Å². The molecule has 0 aromatic rings. The van der Waals surface area contributed by atoms with Crippen LogP contribution in [0.4, 0.5) is 0 Å². The Morgan fingerprint density at radius 2 is 2.09 bits per heavy atom. The molecule has 0 saturated heterocycles. The highest BCUT2D eigenvalue weighted by molar-refractivity contribution is 5.68. The predicted molar refractivity (Wildman–Crippen MR) is 34.7 cm³/mol. The second kappa shape index (κ2) is 5.06. The van der Waals surface area contributed by atoms with Gasteiger partial charge in [-0.1, -0.05) is 0 Å². The zero-order valence-corrected chi connectivity index (χ0v) is 6.45. The molecule has 0 heterocycles. The maximum absolute atomic E-state index is 10.1. The molecule has 5 nitrogen and oxygen atoms in total. The van der Waals surface area contributed by atoms with E-state index in [2.05, 4.69) is 11.5 Å². The first-order valence-electron chi connectivity index (χ1n) is 3.59. The van der Waals surface area contributed by atoms with Crippen molar-refractivity contribution in [2.75, 3.05) is 6.54 Å². The van der Waals surface area contributed by atoms with Crippen molar-refractivity contribution in [3.8, 4) is 0 Å². The van der Waals surface area contributed by atoms with Crippen LogP contribution in [0.25, 0.3) is 0 Å². The number of carboxylic acids is 1. The molecule has 0 aliphatic rings. The van der Waals surface area contributed by atoms with Crippen molar-refractivity contribution in [1.29, 1.82) is 0 Å². The smallest absolute Gasteiger partial charge is 0.125 e. The van der Waals surface area contributed by atoms with E-state index in [1.165, 1.54) is 0 Å². The van der Waals surface area contributed by atoms with Crippen molar-refractivity contribution in [3.05, 3.63) is 0 Å². The fraction of sp³-hybridized carbons (Fsp3) is 0.833. The number of hydrogen-bond acceptors (Lipinski definition) is 3. The van der Waals surface area contributed by atoms with Gasteiger partial charge in [0, 0.05) is 6.42 Å². The molecule has 66 valence electrons. The van der Waals surface area contributed by atoms with Gasteiger partial charge in [-0.2, -0.15) is 0 Å². The monoisotopic (exact) mass is 163 g/mol. The Bertz CT molecular complexity index is 129. The summed E-state index contributed by atoms with van der Waals surface area (Å²) in [6.45, 7) is 0.403. The van der Waals surface area contributed by atoms with E-state index in [4.69, 9.17) is 5.11 Å². The quantitative estimate of drug-likeness (QED) is 0.381. The molecule has 0 spiro atoms. The van der Waals surface area contributed by atoms with E-state index in [-0.39, 0.29) is 0 Å². The topological polar surface area (TPSA) is 116 Å². The van der Waals surface area contributed by atoms with Crippen LogP contribution in [0.2, 0.25) is 0 Å². The first-order valence-corrected chi connectivity index (χ1v) is 3.59. The molecule has 0 aromatic heterocycles. The van der Waals surface area contributed by atoms with Crippen LogP contribution in [0.5, 0.6) is 0 Å². The minimum atomic E-state index is -1.17. The molecule has 0 aliphatic carbocycles. The highest BCUT2D eigenvalue weighted by Gasteiger charge is 2.10. The largest absolute Gasteiger partial charge is 0.544 e. The van der Waals surface area contributed by atoms with Crippen LogP contribution < -0.4 is 16.6 Å². The number of hydrogen-bond donors (Lipinski definition) is 3. The van der Waals surface area contributed by atoms with Crippen LogP contribution in [-0.4, -0.2) is 29.8 Å². The number of rotatable bonds is 5. The number of quaternary nitrogens is 2. The minimum absolute atomic E-state index is 0.346. The number of carbonyl (C=O) groups excluding carboxylic acids is 1. The lowest BCUT2D eigenvalue weighted by Crippen LogP contribution is -2.68. The molecule has 11 heavy (non-hydrogen) atoms. The molecule has 0 aromatic carbocycles. The van der Waals surface area contributed by atoms with Gasteiger partial charge in [0.25, 0.3) is 0 Å². The number of aliphatic hydroxyl groups is 1. The van der Waals surface area contributed by atoms with Crippen molar-refractivity contribution < 1.29 is 26.5 Å². The highest BCUT2D eigenvalue weighted by Crippen LogP contribution is 1.96. The van der Waals surface area contributed by atoms with E-state index in [1.807, 2.05) is 0 Å². The Morgan fingerprint density at radius 3 is 2.45 bits per heavy atom. The van der Waals surface area contributed by atoms with E-state index in [0.29, 0.717) is 19.4 Å². The average Bonchev–Trinajstić information content (AvgIpc) is 1.99. The molecule has 0 saturated carbocycles. The summed E-state index contributed by atoms with van der Waals surface area (Å²) < 4.78 is 0. The molecule has 0 bridgehead atoms. The maximum atomic E-state index is 10.1. The fourth-order valence-electron chi connectivity index (χ4n) is 0.656. The summed E-state index contributed by atoms with van der Waals surface area (Å²) in [6.07, 6.45) is 0.253. The summed E-state index contributed by atoms with van der Waals surface area (Å²) in [5.41, 5.74) is 6.83. The maximum Gasteiger partial charge on any atom is 0.125 e. The molecule has 5 heteroatoms. The summed E-state index contributed by atoms with van der Waals surface area (Å²) in [4.78, 5) is 10.1. The Kier molecular flexibility index (Phi) is 4.76. The third-order valence-corrected chi connectivity index (χ3v) is 1.51. The van der Waals surface area contributed by atoms with Crippen LogP contribution in [-0.2, 0) is 4.79 Å². The van der Waals surface area contributed by atoms with Gasteiger partial charge < -0.3 is 26.5 Å². The van der Waals surface area contributed by atoms with Gasteiger partial charge in [0.05, 0.1) is 5.97 Å². The van der Waals surface area contributed by atoms with Crippen molar-refractivity contribution in [3.63, 3.8) is 0 Å². The molecule has 7 N–H and O–H groups in total. The van der Waals surface area contributed by atoms with Crippen LogP contribution in [0.3, 0.4) is 0 Å². The third kappa shape index (κ3) is 4.72. The summed E-state index contributed by atoms with van der Waals surface area (Å²) in [5.74, 6) is -1.17. The first kappa shape index (κ1) is 10.3. The number of carboxylic acid groups (broad SMARTS) is 1. The zero-order valence-electron chi connectivity index (χ0n) is 6.45. The summed E-state index contributed by atoms with van der Waals surface area (Å²) in [7, 11) is 0. The van der Waals surface area contributed by atoms with E-state index in [1.54, 1.807) is 0 Å². The normalized spacial score (nSPS) is 15.9.